The molecular formula is C21H19ClN2O5S. The Bertz CT molecular complexity index is 1190. The Morgan fingerprint density at radius 2 is 2.00 bits per heavy atom. The Hall–Kier alpha value is -2.97. The number of halogens is 1. The minimum absolute atomic E-state index is 0.0442. The highest BCUT2D eigenvalue weighted by Gasteiger charge is 2.24. The Morgan fingerprint density at radius 1 is 1.17 bits per heavy atom. The van der Waals surface area contributed by atoms with Crippen molar-refractivity contribution in [1.29, 1.82) is 0 Å². The van der Waals surface area contributed by atoms with Crippen molar-refractivity contribution in [3.8, 4) is 5.75 Å². The Balaban J connectivity index is 1.56. The molecule has 0 saturated heterocycles. The molecule has 1 aromatic heterocycles. The lowest BCUT2D eigenvalue weighted by Crippen LogP contribution is -2.35. The van der Waals surface area contributed by atoms with Gasteiger partial charge in [-0.1, -0.05) is 17.7 Å². The average molecular weight is 447 g/mol. The number of nitrogens with one attached hydrogen (secondary N) is 1. The van der Waals surface area contributed by atoms with E-state index in [0.29, 0.717) is 30.9 Å². The number of hydrogen-bond donors (Lipinski definition) is 1. The Labute approximate surface area is 179 Å². The summed E-state index contributed by atoms with van der Waals surface area (Å²) in [5.74, 6) is 0.556. The fraction of sp³-hybridized carbons (Fsp3) is 0.190. The SMILES string of the molecule is COc1ccc(S(=O)(=O)Nc2ccc3c(c2)CN(C(=O)c2ccco2)CC3)c(Cl)c1. The van der Waals surface area contributed by atoms with Crippen molar-refractivity contribution in [3.05, 3.63) is 76.7 Å². The molecule has 0 fully saturated rings. The standard InChI is InChI=1S/C21H19ClN2O5S/c1-28-17-6-7-20(18(22)12-17)30(26,27)23-16-5-4-14-8-9-24(13-15(14)11-16)21(25)19-3-2-10-29-19/h2-7,10-12,23H,8-9,13H2,1H3. The van der Waals surface area contributed by atoms with Crippen LogP contribution in [-0.2, 0) is 23.0 Å². The quantitative estimate of drug-likeness (QED) is 0.641. The summed E-state index contributed by atoms with van der Waals surface area (Å²) >= 11 is 6.12. The van der Waals surface area contributed by atoms with Gasteiger partial charge in [-0.3, -0.25) is 9.52 Å². The maximum Gasteiger partial charge on any atom is 0.289 e. The van der Waals surface area contributed by atoms with Crippen LogP contribution in [0.5, 0.6) is 5.75 Å². The second-order valence-corrected chi connectivity index (χ2v) is 8.90. The molecule has 0 spiro atoms. The predicted molar refractivity (Wildman–Crippen MR) is 112 cm³/mol. The number of fused-ring (bicyclic) bond motifs is 1. The van der Waals surface area contributed by atoms with Crippen LogP contribution in [0.15, 0.2) is 64.1 Å². The Morgan fingerprint density at radius 3 is 2.70 bits per heavy atom. The fourth-order valence-corrected chi connectivity index (χ4v) is 4.97. The summed E-state index contributed by atoms with van der Waals surface area (Å²) in [7, 11) is -2.42. The number of methoxy groups -OCH3 is 1. The van der Waals surface area contributed by atoms with Gasteiger partial charge in [-0.2, -0.15) is 0 Å². The Kier molecular flexibility index (Phi) is 5.44. The zero-order valence-corrected chi connectivity index (χ0v) is 17.7. The van der Waals surface area contributed by atoms with Gasteiger partial charge in [0.15, 0.2) is 5.76 Å². The maximum absolute atomic E-state index is 12.8. The summed E-state index contributed by atoms with van der Waals surface area (Å²) < 4.78 is 38.4. The van der Waals surface area contributed by atoms with Crippen LogP contribution >= 0.6 is 11.6 Å². The van der Waals surface area contributed by atoms with Gasteiger partial charge in [0.25, 0.3) is 15.9 Å². The summed E-state index contributed by atoms with van der Waals surface area (Å²) in [5.41, 5.74) is 2.35. The molecule has 2 aromatic carbocycles. The highest BCUT2D eigenvalue weighted by atomic mass is 35.5. The topological polar surface area (TPSA) is 88.9 Å². The van der Waals surface area contributed by atoms with Crippen LogP contribution in [0.25, 0.3) is 0 Å². The van der Waals surface area contributed by atoms with Gasteiger partial charge in [-0.05, 0) is 53.9 Å². The monoisotopic (exact) mass is 446 g/mol. The first kappa shape index (κ1) is 20.3. The van der Waals surface area contributed by atoms with Crippen molar-refractivity contribution in [3.63, 3.8) is 0 Å². The largest absolute Gasteiger partial charge is 0.497 e. The lowest BCUT2D eigenvalue weighted by Gasteiger charge is -2.28. The smallest absolute Gasteiger partial charge is 0.289 e. The van der Waals surface area contributed by atoms with Crippen molar-refractivity contribution in [2.45, 2.75) is 17.9 Å². The number of rotatable bonds is 5. The summed E-state index contributed by atoms with van der Waals surface area (Å²) in [4.78, 5) is 14.2. The molecule has 1 N–H and O–H groups in total. The highest BCUT2D eigenvalue weighted by Crippen LogP contribution is 2.29. The van der Waals surface area contributed by atoms with E-state index in [-0.39, 0.29) is 21.6 Å². The van der Waals surface area contributed by atoms with E-state index in [2.05, 4.69) is 4.72 Å². The zero-order chi connectivity index (χ0) is 21.3. The van der Waals surface area contributed by atoms with Gasteiger partial charge in [0.05, 0.1) is 18.4 Å². The normalized spacial score (nSPS) is 13.6. The molecule has 156 valence electrons. The third-order valence-corrected chi connectivity index (χ3v) is 6.78. The molecule has 1 amide bonds. The van der Waals surface area contributed by atoms with E-state index in [9.17, 15) is 13.2 Å². The van der Waals surface area contributed by atoms with Gasteiger partial charge >= 0.3 is 0 Å². The van der Waals surface area contributed by atoms with Crippen molar-refractivity contribution < 1.29 is 22.4 Å². The van der Waals surface area contributed by atoms with Crippen LogP contribution in [0.4, 0.5) is 5.69 Å². The molecule has 0 atom stereocenters. The number of benzene rings is 2. The van der Waals surface area contributed by atoms with E-state index in [1.807, 2.05) is 6.07 Å². The molecule has 0 saturated carbocycles. The molecule has 4 rings (SSSR count). The molecule has 0 aliphatic carbocycles. The van der Waals surface area contributed by atoms with E-state index in [4.69, 9.17) is 20.8 Å². The van der Waals surface area contributed by atoms with Crippen LogP contribution in [0.3, 0.4) is 0 Å². The van der Waals surface area contributed by atoms with E-state index < -0.39 is 10.0 Å². The van der Waals surface area contributed by atoms with Crippen molar-refractivity contribution >= 4 is 33.2 Å². The third kappa shape index (κ3) is 4.01. The summed E-state index contributed by atoms with van der Waals surface area (Å²) in [6.45, 7) is 0.937. The number of anilines is 1. The molecule has 2 heterocycles. The number of ether oxygens (including phenoxy) is 1. The van der Waals surface area contributed by atoms with Gasteiger partial charge in [-0.15, -0.1) is 0 Å². The molecule has 0 radical (unpaired) electrons. The maximum atomic E-state index is 12.8. The first-order chi connectivity index (χ1) is 14.4. The van der Waals surface area contributed by atoms with Gasteiger partial charge in [0.1, 0.15) is 10.6 Å². The van der Waals surface area contributed by atoms with Crippen molar-refractivity contribution in [2.75, 3.05) is 18.4 Å². The predicted octanol–water partition coefficient (Wildman–Crippen LogP) is 3.94. The number of amides is 1. The third-order valence-electron chi connectivity index (χ3n) is 4.92. The van der Waals surface area contributed by atoms with Gasteiger partial charge in [0, 0.05) is 24.8 Å². The minimum Gasteiger partial charge on any atom is -0.497 e. The minimum atomic E-state index is -3.89. The van der Waals surface area contributed by atoms with E-state index in [1.54, 1.807) is 29.2 Å². The number of sulfonamides is 1. The summed E-state index contributed by atoms with van der Waals surface area (Å²) in [5, 5.41) is 0.0648. The molecular weight excluding hydrogens is 428 g/mol. The number of furan rings is 1. The molecule has 7 nitrogen and oxygen atoms in total. The average Bonchev–Trinajstić information content (AvgIpc) is 3.27. The molecule has 0 unspecified atom stereocenters. The molecule has 30 heavy (non-hydrogen) atoms. The fourth-order valence-electron chi connectivity index (χ4n) is 3.39. The number of hydrogen-bond acceptors (Lipinski definition) is 5. The van der Waals surface area contributed by atoms with Crippen LogP contribution in [-0.4, -0.2) is 32.9 Å². The van der Waals surface area contributed by atoms with E-state index in [1.165, 1.54) is 31.6 Å². The molecule has 9 heteroatoms. The lowest BCUT2D eigenvalue weighted by molar-refractivity contribution is 0.0702. The first-order valence-corrected chi connectivity index (χ1v) is 11.0. The van der Waals surface area contributed by atoms with Crippen molar-refractivity contribution in [2.24, 2.45) is 0 Å². The second kappa shape index (κ2) is 8.04. The second-order valence-electron chi connectivity index (χ2n) is 6.84. The van der Waals surface area contributed by atoms with Crippen LogP contribution in [0.1, 0.15) is 21.7 Å². The number of nitrogens with zero attached hydrogens (tertiary/aromatic N) is 1. The molecule has 1 aliphatic rings. The van der Waals surface area contributed by atoms with Gasteiger partial charge in [-0.25, -0.2) is 8.42 Å². The molecule has 1 aliphatic heterocycles. The first-order valence-electron chi connectivity index (χ1n) is 9.18. The van der Waals surface area contributed by atoms with Crippen LogP contribution < -0.4 is 9.46 Å². The van der Waals surface area contributed by atoms with Gasteiger partial charge < -0.3 is 14.1 Å². The van der Waals surface area contributed by atoms with Gasteiger partial charge in [0.2, 0.25) is 0 Å². The summed E-state index contributed by atoms with van der Waals surface area (Å²) in [6.07, 6.45) is 2.14. The lowest BCUT2D eigenvalue weighted by atomic mass is 9.99. The number of carbonyl (C=O) groups excluding carboxylic acids is 1. The summed E-state index contributed by atoms with van der Waals surface area (Å²) in [6, 6.07) is 13.0. The highest BCUT2D eigenvalue weighted by molar-refractivity contribution is 7.92. The van der Waals surface area contributed by atoms with Crippen LogP contribution in [0.2, 0.25) is 5.02 Å². The van der Waals surface area contributed by atoms with E-state index >= 15 is 0 Å². The van der Waals surface area contributed by atoms with Crippen LogP contribution in [0, 0.1) is 0 Å². The van der Waals surface area contributed by atoms with E-state index in [0.717, 1.165) is 11.1 Å². The van der Waals surface area contributed by atoms with Crippen molar-refractivity contribution in [1.82, 2.24) is 4.90 Å². The number of carbonyl (C=O) groups is 1. The zero-order valence-electron chi connectivity index (χ0n) is 16.1. The molecule has 0 bridgehead atoms. The molecule has 3 aromatic rings.